The summed E-state index contributed by atoms with van der Waals surface area (Å²) in [6.45, 7) is 13.5. The summed E-state index contributed by atoms with van der Waals surface area (Å²) in [7, 11) is 0.351. The van der Waals surface area contributed by atoms with Gasteiger partial charge in [-0.15, -0.1) is 0 Å². The molecule has 0 aliphatic heterocycles. The van der Waals surface area contributed by atoms with Crippen molar-refractivity contribution in [1.82, 2.24) is 4.57 Å². The first-order valence-corrected chi connectivity index (χ1v) is 12.4. The molecule has 0 bridgehead atoms. The van der Waals surface area contributed by atoms with E-state index in [1.54, 1.807) is 11.1 Å². The average molecular weight is 422 g/mol. The molecule has 146 valence electrons. The average Bonchev–Trinajstić information content (AvgIpc) is 2.89. The maximum Gasteiger partial charge on any atom is 4.00 e. The van der Waals surface area contributed by atoms with Gasteiger partial charge >= 0.3 is 30.6 Å². The summed E-state index contributed by atoms with van der Waals surface area (Å²) in [5.74, 6) is 0. The van der Waals surface area contributed by atoms with E-state index in [0.717, 1.165) is 6.42 Å². The number of hydrogen-bond acceptors (Lipinski definition) is 1. The number of hydrogen-bond donors (Lipinski definition) is 0. The van der Waals surface area contributed by atoms with Gasteiger partial charge in [-0.2, -0.15) is 0 Å². The van der Waals surface area contributed by atoms with Gasteiger partial charge < -0.3 is 9.03 Å². The number of nitrogens with zero attached hydrogens (tertiary/aromatic N) is 1. The Labute approximate surface area is 184 Å². The van der Waals surface area contributed by atoms with Gasteiger partial charge in [0, 0.05) is 18.0 Å². The van der Waals surface area contributed by atoms with Crippen LogP contribution in [0.4, 0.5) is 0 Å². The van der Waals surface area contributed by atoms with Crippen molar-refractivity contribution in [3.05, 3.63) is 35.4 Å². The van der Waals surface area contributed by atoms with Crippen molar-refractivity contribution in [2.24, 2.45) is 5.41 Å². The van der Waals surface area contributed by atoms with E-state index in [9.17, 15) is 4.46 Å². The fourth-order valence-corrected chi connectivity index (χ4v) is 6.60. The standard InChI is InChI=1S/C23H39NOSi.Ti/c1-8-11-16-23(18-21(4,5)24(6)26(7)25)20-15-13-12-14-19(20)17-22(23,9-2)10-3;/h12-15H,8-11,16-18H2,1-7H3;/q;+4. The van der Waals surface area contributed by atoms with E-state index in [4.69, 9.17) is 0 Å². The van der Waals surface area contributed by atoms with Gasteiger partial charge in [-0.1, -0.05) is 57.9 Å². The van der Waals surface area contributed by atoms with Crippen LogP contribution in [-0.2, 0) is 38.0 Å². The van der Waals surface area contributed by atoms with Crippen LogP contribution in [-0.4, -0.2) is 26.0 Å². The molecule has 1 aromatic carbocycles. The van der Waals surface area contributed by atoms with E-state index in [0.29, 0.717) is 5.41 Å². The number of benzene rings is 1. The molecule has 27 heavy (non-hydrogen) atoms. The van der Waals surface area contributed by atoms with Crippen LogP contribution in [0.3, 0.4) is 0 Å². The quantitative estimate of drug-likeness (QED) is 0.448. The van der Waals surface area contributed by atoms with Crippen LogP contribution in [0.15, 0.2) is 24.3 Å². The first-order chi connectivity index (χ1) is 12.2. The Morgan fingerprint density at radius 1 is 1.15 bits per heavy atom. The molecule has 0 amide bonds. The predicted molar refractivity (Wildman–Crippen MR) is 113 cm³/mol. The zero-order valence-electron chi connectivity index (χ0n) is 18.6. The van der Waals surface area contributed by atoms with Gasteiger partial charge in [0.2, 0.25) is 0 Å². The third-order valence-corrected chi connectivity index (χ3v) is 9.05. The van der Waals surface area contributed by atoms with Gasteiger partial charge in [-0.05, 0) is 69.0 Å². The van der Waals surface area contributed by atoms with Gasteiger partial charge in [-0.3, -0.25) is 0 Å². The summed E-state index contributed by atoms with van der Waals surface area (Å²) >= 11 is 0. The van der Waals surface area contributed by atoms with Gasteiger partial charge in [0.15, 0.2) is 0 Å². The Kier molecular flexibility index (Phi) is 8.72. The van der Waals surface area contributed by atoms with Crippen molar-refractivity contribution in [2.45, 2.75) is 97.1 Å². The van der Waals surface area contributed by atoms with E-state index in [2.05, 4.69) is 70.5 Å². The van der Waals surface area contributed by atoms with Gasteiger partial charge in [0.25, 0.3) is 0 Å². The summed E-state index contributed by atoms with van der Waals surface area (Å²) in [6, 6.07) is 9.17. The third-order valence-electron chi connectivity index (χ3n) is 7.50. The van der Waals surface area contributed by atoms with Crippen molar-refractivity contribution in [2.75, 3.05) is 7.05 Å². The smallest absolute Gasteiger partial charge is 0.375 e. The molecule has 2 rings (SSSR count). The summed E-state index contributed by atoms with van der Waals surface area (Å²) < 4.78 is 14.5. The van der Waals surface area contributed by atoms with Crippen LogP contribution in [0.1, 0.15) is 84.3 Å². The fourth-order valence-electron chi connectivity index (χ4n) is 5.67. The van der Waals surface area contributed by atoms with Crippen molar-refractivity contribution in [3.63, 3.8) is 0 Å². The molecule has 1 aliphatic rings. The topological polar surface area (TPSA) is 20.3 Å². The maximum atomic E-state index is 12.3. The molecule has 1 unspecified atom stereocenters. The molecule has 0 spiro atoms. The zero-order chi connectivity index (χ0) is 19.6. The van der Waals surface area contributed by atoms with E-state index in [1.807, 2.05) is 6.55 Å². The van der Waals surface area contributed by atoms with Gasteiger partial charge in [-0.25, -0.2) is 0 Å². The molecule has 2 nitrogen and oxygen atoms in total. The molecular weight excluding hydrogens is 382 g/mol. The first kappa shape index (κ1) is 24.8. The second-order valence-electron chi connectivity index (χ2n) is 9.07. The van der Waals surface area contributed by atoms with E-state index >= 15 is 0 Å². The fraction of sp³-hybridized carbons (Fsp3) is 0.739. The van der Waals surface area contributed by atoms with E-state index in [-0.39, 0.29) is 32.7 Å². The minimum absolute atomic E-state index is 0. The van der Waals surface area contributed by atoms with E-state index in [1.165, 1.54) is 38.5 Å². The van der Waals surface area contributed by atoms with Crippen LogP contribution >= 0.6 is 0 Å². The molecule has 0 aromatic heterocycles. The molecule has 1 atom stereocenters. The minimum Gasteiger partial charge on any atom is -0.375 e. The second-order valence-corrected chi connectivity index (χ2v) is 10.8. The van der Waals surface area contributed by atoms with Crippen LogP contribution in [0.2, 0.25) is 6.55 Å². The van der Waals surface area contributed by atoms with Crippen LogP contribution in [0, 0.1) is 5.41 Å². The normalized spacial score (nSPS) is 20.7. The Morgan fingerprint density at radius 2 is 1.74 bits per heavy atom. The molecule has 0 heterocycles. The Bertz CT molecular complexity index is 641. The molecule has 0 fully saturated rings. The maximum absolute atomic E-state index is 12.3. The van der Waals surface area contributed by atoms with Gasteiger partial charge in [0.05, 0.1) is 0 Å². The molecule has 1 aromatic rings. The van der Waals surface area contributed by atoms with Crippen LogP contribution < -0.4 is 0 Å². The van der Waals surface area contributed by atoms with Gasteiger partial charge in [0.1, 0.15) is 0 Å². The minimum atomic E-state index is -1.70. The van der Waals surface area contributed by atoms with E-state index < -0.39 is 8.84 Å². The van der Waals surface area contributed by atoms with Crippen LogP contribution in [0.5, 0.6) is 0 Å². The van der Waals surface area contributed by atoms with Crippen LogP contribution in [0.25, 0.3) is 0 Å². The predicted octanol–water partition coefficient (Wildman–Crippen LogP) is 6.12. The number of rotatable bonds is 9. The zero-order valence-corrected chi connectivity index (χ0v) is 21.2. The Morgan fingerprint density at radius 3 is 2.26 bits per heavy atom. The molecule has 4 heteroatoms. The Hall–Kier alpha value is -0.249. The summed E-state index contributed by atoms with van der Waals surface area (Å²) in [5, 5.41) is 0. The summed E-state index contributed by atoms with van der Waals surface area (Å²) in [4.78, 5) is 0. The Balaban J connectivity index is 0.00000364. The monoisotopic (exact) mass is 421 g/mol. The number of unbranched alkanes of at least 4 members (excludes halogenated alkanes) is 1. The number of fused-ring (bicyclic) bond motifs is 1. The molecule has 0 saturated carbocycles. The molecular formula is C23H39NOSiTi+4. The molecule has 0 saturated heterocycles. The largest absolute Gasteiger partial charge is 4.00 e. The summed E-state index contributed by atoms with van der Waals surface area (Å²) in [5.41, 5.74) is 3.54. The SMILES string of the molecule is CCCCC1(CC(C)(C)N(C)[Si](C)=O)c2ccccc2CC1(CC)CC.[Ti+4]. The van der Waals surface area contributed by atoms with Crippen molar-refractivity contribution >= 4 is 8.84 Å². The first-order valence-electron chi connectivity index (χ1n) is 10.5. The molecule has 1 aliphatic carbocycles. The van der Waals surface area contributed by atoms with Crippen molar-refractivity contribution in [3.8, 4) is 0 Å². The van der Waals surface area contributed by atoms with Crippen molar-refractivity contribution < 1.29 is 26.2 Å². The molecule has 0 radical (unpaired) electrons. The second kappa shape index (κ2) is 9.50. The molecule has 0 N–H and O–H groups in total. The summed E-state index contributed by atoms with van der Waals surface area (Å²) in [6.07, 6.45) is 8.43. The van der Waals surface area contributed by atoms with Crippen molar-refractivity contribution in [1.29, 1.82) is 0 Å². The third kappa shape index (κ3) is 4.36.